The topological polar surface area (TPSA) is 107 Å². The standard InChI is InChI=1S/C25H36N4O4/c1-18(26)20(30)16-28-21(31)25(29(22(28)32)17-23(33)10-7-11-23)14-12-24(13-15-25,27(2)3)19-8-5-4-6-9-19/h4-6,8-9,18,33H,7,10-17,26H2,1-3H3/t18-,24-,25+/m0/s1. The Morgan fingerprint density at radius 1 is 1.09 bits per heavy atom. The van der Waals surface area contributed by atoms with Gasteiger partial charge in [0.2, 0.25) is 0 Å². The predicted molar refractivity (Wildman–Crippen MR) is 124 cm³/mol. The Bertz CT molecular complexity index is 918. The summed E-state index contributed by atoms with van der Waals surface area (Å²) < 4.78 is 0. The average Bonchev–Trinajstić information content (AvgIpc) is 2.95. The van der Waals surface area contributed by atoms with Crippen molar-refractivity contribution in [3.05, 3.63) is 35.9 Å². The van der Waals surface area contributed by atoms with Crippen LogP contribution < -0.4 is 5.73 Å². The van der Waals surface area contributed by atoms with Crippen molar-refractivity contribution >= 4 is 17.7 Å². The molecule has 1 spiro atoms. The van der Waals surface area contributed by atoms with Gasteiger partial charge in [0.25, 0.3) is 5.91 Å². The van der Waals surface area contributed by atoms with Crippen LogP contribution in [0.2, 0.25) is 0 Å². The lowest BCUT2D eigenvalue weighted by atomic mass is 9.67. The molecule has 3 aliphatic rings. The molecule has 1 aliphatic heterocycles. The fourth-order valence-corrected chi connectivity index (χ4v) is 5.78. The van der Waals surface area contributed by atoms with E-state index in [4.69, 9.17) is 5.73 Å². The van der Waals surface area contributed by atoms with Crippen LogP contribution in [-0.2, 0) is 15.1 Å². The summed E-state index contributed by atoms with van der Waals surface area (Å²) in [4.78, 5) is 44.4. The van der Waals surface area contributed by atoms with Crippen molar-refractivity contribution in [2.24, 2.45) is 5.73 Å². The van der Waals surface area contributed by atoms with Gasteiger partial charge in [0.05, 0.1) is 24.7 Å². The van der Waals surface area contributed by atoms with Crippen LogP contribution in [0, 0.1) is 0 Å². The third kappa shape index (κ3) is 3.88. The van der Waals surface area contributed by atoms with Crippen molar-refractivity contribution in [1.29, 1.82) is 0 Å². The molecule has 3 fully saturated rings. The van der Waals surface area contributed by atoms with E-state index in [1.54, 1.807) is 11.8 Å². The number of amides is 3. The SMILES string of the molecule is C[C@H](N)C(=O)CN1C(=O)N(CC2(O)CCC2)[C@]2(CC[C@@](c3ccccc3)(N(C)C)CC2)C1=O. The maximum Gasteiger partial charge on any atom is 0.328 e. The van der Waals surface area contributed by atoms with Gasteiger partial charge in [-0.3, -0.25) is 19.4 Å². The fourth-order valence-electron chi connectivity index (χ4n) is 5.78. The quantitative estimate of drug-likeness (QED) is 0.607. The highest BCUT2D eigenvalue weighted by atomic mass is 16.3. The zero-order valence-electron chi connectivity index (χ0n) is 19.9. The number of ketones is 1. The Labute approximate surface area is 195 Å². The molecule has 1 aromatic rings. The highest BCUT2D eigenvalue weighted by Gasteiger charge is 2.62. The summed E-state index contributed by atoms with van der Waals surface area (Å²) in [6.45, 7) is 1.37. The van der Waals surface area contributed by atoms with Gasteiger partial charge in [0, 0.05) is 5.54 Å². The third-order valence-corrected chi connectivity index (χ3v) is 8.25. The Hall–Kier alpha value is -2.29. The zero-order chi connectivity index (χ0) is 24.0. The molecule has 2 aliphatic carbocycles. The fraction of sp³-hybridized carbons (Fsp3) is 0.640. The summed E-state index contributed by atoms with van der Waals surface area (Å²) >= 11 is 0. The normalized spacial score (nSPS) is 30.1. The van der Waals surface area contributed by atoms with E-state index in [1.165, 1.54) is 5.56 Å². The van der Waals surface area contributed by atoms with E-state index >= 15 is 0 Å². The van der Waals surface area contributed by atoms with Crippen LogP contribution in [0.15, 0.2) is 30.3 Å². The summed E-state index contributed by atoms with van der Waals surface area (Å²) in [5.74, 6) is -0.677. The van der Waals surface area contributed by atoms with Gasteiger partial charge in [-0.15, -0.1) is 0 Å². The Kier molecular flexibility index (Phi) is 6.14. The molecule has 1 aromatic carbocycles. The molecule has 3 N–H and O–H groups in total. The molecular weight excluding hydrogens is 420 g/mol. The number of nitrogens with zero attached hydrogens (tertiary/aromatic N) is 3. The minimum atomic E-state index is -1.03. The van der Waals surface area contributed by atoms with E-state index in [2.05, 4.69) is 31.1 Å². The molecule has 1 heterocycles. The molecule has 3 amide bonds. The number of carbonyl (C=O) groups is 3. The van der Waals surface area contributed by atoms with Crippen LogP contribution in [0.1, 0.15) is 57.4 Å². The van der Waals surface area contributed by atoms with Gasteiger partial charge in [0.15, 0.2) is 5.78 Å². The predicted octanol–water partition coefficient (Wildman–Crippen LogP) is 1.85. The third-order valence-electron chi connectivity index (χ3n) is 8.25. The van der Waals surface area contributed by atoms with Crippen molar-refractivity contribution in [3.8, 4) is 0 Å². The number of carbonyl (C=O) groups excluding carboxylic acids is 3. The summed E-state index contributed by atoms with van der Waals surface area (Å²) in [5, 5.41) is 10.9. The molecular formula is C25H36N4O4. The second-order valence-electron chi connectivity index (χ2n) is 10.4. The van der Waals surface area contributed by atoms with Crippen LogP contribution >= 0.6 is 0 Å². The van der Waals surface area contributed by atoms with E-state index in [-0.39, 0.29) is 30.3 Å². The van der Waals surface area contributed by atoms with Gasteiger partial charge in [-0.05, 0) is 71.5 Å². The van der Waals surface area contributed by atoms with E-state index in [1.807, 2.05) is 18.2 Å². The first-order chi connectivity index (χ1) is 15.5. The molecule has 1 atom stereocenters. The van der Waals surface area contributed by atoms with Crippen LogP contribution in [-0.4, -0.2) is 81.9 Å². The van der Waals surface area contributed by atoms with Crippen molar-refractivity contribution < 1.29 is 19.5 Å². The molecule has 4 rings (SSSR count). The number of hydrogen-bond acceptors (Lipinski definition) is 6. The summed E-state index contributed by atoms with van der Waals surface area (Å²) in [6, 6.07) is 9.03. The van der Waals surface area contributed by atoms with Crippen LogP contribution in [0.5, 0.6) is 0 Å². The van der Waals surface area contributed by atoms with Gasteiger partial charge in [-0.25, -0.2) is 4.79 Å². The first kappa shape index (κ1) is 23.9. The number of hydrogen-bond donors (Lipinski definition) is 2. The first-order valence-electron chi connectivity index (χ1n) is 11.9. The Morgan fingerprint density at radius 3 is 2.18 bits per heavy atom. The minimum absolute atomic E-state index is 0.126. The second kappa shape index (κ2) is 8.49. The molecule has 0 aromatic heterocycles. The lowest BCUT2D eigenvalue weighted by Gasteiger charge is -2.51. The van der Waals surface area contributed by atoms with Gasteiger partial charge < -0.3 is 15.7 Å². The van der Waals surface area contributed by atoms with Crippen molar-refractivity contribution in [3.63, 3.8) is 0 Å². The number of Topliss-reactive ketones (excluding diaryl/α,β-unsaturated/α-hetero) is 1. The van der Waals surface area contributed by atoms with E-state index in [0.717, 1.165) is 11.3 Å². The number of benzene rings is 1. The Morgan fingerprint density at radius 2 is 1.70 bits per heavy atom. The molecule has 2 saturated carbocycles. The highest BCUT2D eigenvalue weighted by Crippen LogP contribution is 2.50. The molecule has 180 valence electrons. The highest BCUT2D eigenvalue weighted by molar-refractivity contribution is 6.09. The van der Waals surface area contributed by atoms with E-state index < -0.39 is 23.2 Å². The van der Waals surface area contributed by atoms with Gasteiger partial charge >= 0.3 is 6.03 Å². The van der Waals surface area contributed by atoms with Gasteiger partial charge in [-0.1, -0.05) is 30.3 Å². The number of urea groups is 1. The molecule has 8 heteroatoms. The van der Waals surface area contributed by atoms with Crippen molar-refractivity contribution in [2.45, 2.75) is 74.6 Å². The summed E-state index contributed by atoms with van der Waals surface area (Å²) in [5.41, 5.74) is 4.67. The molecule has 1 saturated heterocycles. The Balaban J connectivity index is 1.66. The van der Waals surface area contributed by atoms with E-state index in [9.17, 15) is 19.5 Å². The minimum Gasteiger partial charge on any atom is -0.388 e. The zero-order valence-corrected chi connectivity index (χ0v) is 19.9. The molecule has 0 unspecified atom stereocenters. The molecule has 8 nitrogen and oxygen atoms in total. The van der Waals surface area contributed by atoms with E-state index in [0.29, 0.717) is 38.5 Å². The number of aliphatic hydroxyl groups is 1. The maximum absolute atomic E-state index is 13.7. The van der Waals surface area contributed by atoms with Gasteiger partial charge in [-0.2, -0.15) is 0 Å². The largest absolute Gasteiger partial charge is 0.388 e. The second-order valence-corrected chi connectivity index (χ2v) is 10.4. The maximum atomic E-state index is 13.7. The van der Waals surface area contributed by atoms with Crippen molar-refractivity contribution in [1.82, 2.24) is 14.7 Å². The summed E-state index contributed by atoms with van der Waals surface area (Å²) in [7, 11) is 4.10. The molecule has 33 heavy (non-hydrogen) atoms. The first-order valence-corrected chi connectivity index (χ1v) is 11.9. The van der Waals surface area contributed by atoms with Crippen molar-refractivity contribution in [2.75, 3.05) is 27.2 Å². The number of rotatable bonds is 7. The molecule has 0 bridgehead atoms. The smallest absolute Gasteiger partial charge is 0.328 e. The monoisotopic (exact) mass is 456 g/mol. The lowest BCUT2D eigenvalue weighted by molar-refractivity contribution is -0.140. The lowest BCUT2D eigenvalue weighted by Crippen LogP contribution is -2.60. The van der Waals surface area contributed by atoms with Crippen LogP contribution in [0.25, 0.3) is 0 Å². The number of imide groups is 1. The number of nitrogens with two attached hydrogens (primary N) is 1. The molecule has 0 radical (unpaired) electrons. The number of β-amino-alcohol motifs (C(OH)–C–C–N with tert-alkyl or cyclic N) is 1. The van der Waals surface area contributed by atoms with Gasteiger partial charge in [0.1, 0.15) is 5.54 Å². The average molecular weight is 457 g/mol. The summed E-state index contributed by atoms with van der Waals surface area (Å²) in [6.07, 6.45) is 4.47. The van der Waals surface area contributed by atoms with Crippen LogP contribution in [0.3, 0.4) is 0 Å². The van der Waals surface area contributed by atoms with Crippen LogP contribution in [0.4, 0.5) is 4.79 Å².